The quantitative estimate of drug-likeness (QED) is 0.848. The van der Waals surface area contributed by atoms with E-state index in [4.69, 9.17) is 5.73 Å². The van der Waals surface area contributed by atoms with Crippen LogP contribution in [0.2, 0.25) is 0 Å². The topological polar surface area (TPSA) is 49.6 Å². The molecule has 1 aliphatic heterocycles. The van der Waals surface area contributed by atoms with Crippen LogP contribution in [0.3, 0.4) is 0 Å². The van der Waals surface area contributed by atoms with Crippen LogP contribution in [0, 0.1) is 0 Å². The van der Waals surface area contributed by atoms with E-state index in [9.17, 15) is 4.79 Å². The second kappa shape index (κ2) is 6.06. The van der Waals surface area contributed by atoms with Crippen molar-refractivity contribution >= 4 is 11.6 Å². The molecule has 1 aromatic rings. The summed E-state index contributed by atoms with van der Waals surface area (Å²) in [5, 5.41) is 0. The zero-order chi connectivity index (χ0) is 15.6. The maximum atomic E-state index is 13.1. The molecule has 2 rings (SSSR count). The van der Waals surface area contributed by atoms with E-state index >= 15 is 0 Å². The highest BCUT2D eigenvalue weighted by Crippen LogP contribution is 2.28. The van der Waals surface area contributed by atoms with Gasteiger partial charge in [-0.15, -0.1) is 0 Å². The van der Waals surface area contributed by atoms with E-state index in [0.717, 1.165) is 37.3 Å². The highest BCUT2D eigenvalue weighted by molar-refractivity contribution is 5.87. The molecule has 1 unspecified atom stereocenters. The molecule has 0 aliphatic carbocycles. The number of amides is 1. The van der Waals surface area contributed by atoms with Crippen molar-refractivity contribution in [2.24, 2.45) is 0 Å². The number of hydrogen-bond acceptors (Lipinski definition) is 3. The lowest BCUT2D eigenvalue weighted by molar-refractivity contribution is -0.138. The zero-order valence-corrected chi connectivity index (χ0v) is 13.6. The number of rotatable bonds is 2. The molecule has 1 heterocycles. The molecule has 0 spiro atoms. The van der Waals surface area contributed by atoms with E-state index in [0.29, 0.717) is 0 Å². The predicted molar refractivity (Wildman–Crippen MR) is 87.2 cm³/mol. The number of nitrogen functional groups attached to an aromatic ring is 1. The molecule has 1 atom stereocenters. The van der Waals surface area contributed by atoms with Gasteiger partial charge in [0.1, 0.15) is 0 Å². The highest BCUT2D eigenvalue weighted by atomic mass is 16.2. The summed E-state index contributed by atoms with van der Waals surface area (Å²) in [6.07, 6.45) is 1.03. The average Bonchev–Trinajstić information content (AvgIpc) is 2.59. The lowest BCUT2D eigenvalue weighted by Crippen LogP contribution is -2.49. The Balaban J connectivity index is 2.22. The Kier molecular flexibility index (Phi) is 4.57. The Morgan fingerprint density at radius 3 is 2.48 bits per heavy atom. The summed E-state index contributed by atoms with van der Waals surface area (Å²) in [7, 11) is 2.12. The molecule has 1 amide bonds. The smallest absolute Gasteiger partial charge is 0.232 e. The van der Waals surface area contributed by atoms with Gasteiger partial charge in [-0.25, -0.2) is 0 Å². The number of likely N-dealkylation sites (N-methyl/N-ethyl adjacent to an activating group) is 1. The Morgan fingerprint density at radius 2 is 1.86 bits per heavy atom. The molecule has 4 nitrogen and oxygen atoms in total. The number of carbonyl (C=O) groups excluding carboxylic acids is 1. The second-order valence-corrected chi connectivity index (χ2v) is 6.71. The van der Waals surface area contributed by atoms with Gasteiger partial charge in [-0.2, -0.15) is 0 Å². The molecule has 4 heteroatoms. The first-order valence-electron chi connectivity index (χ1n) is 7.68. The standard InChI is InChI=1S/C17H27N3O/c1-13-12-19(4)10-5-11-20(13)16(21)17(2,3)14-6-8-15(18)9-7-14/h6-9,13H,5,10-12,18H2,1-4H3. The summed E-state index contributed by atoms with van der Waals surface area (Å²) >= 11 is 0. The highest BCUT2D eigenvalue weighted by Gasteiger charge is 2.36. The van der Waals surface area contributed by atoms with Gasteiger partial charge in [0, 0.05) is 24.8 Å². The first kappa shape index (κ1) is 15.8. The van der Waals surface area contributed by atoms with Crippen molar-refractivity contribution in [3.8, 4) is 0 Å². The average molecular weight is 289 g/mol. The van der Waals surface area contributed by atoms with Gasteiger partial charge >= 0.3 is 0 Å². The van der Waals surface area contributed by atoms with Crippen molar-refractivity contribution in [3.63, 3.8) is 0 Å². The van der Waals surface area contributed by atoms with Gasteiger partial charge in [-0.05, 0) is 58.5 Å². The number of carbonyl (C=O) groups is 1. The molecule has 0 bridgehead atoms. The van der Waals surface area contributed by atoms with Gasteiger partial charge in [0.25, 0.3) is 0 Å². The molecule has 1 aromatic carbocycles. The number of anilines is 1. The fraction of sp³-hybridized carbons (Fsp3) is 0.588. The van der Waals surface area contributed by atoms with Crippen LogP contribution in [0.1, 0.15) is 32.8 Å². The van der Waals surface area contributed by atoms with Gasteiger partial charge in [-0.1, -0.05) is 12.1 Å². The number of benzene rings is 1. The van der Waals surface area contributed by atoms with E-state index in [-0.39, 0.29) is 11.9 Å². The first-order valence-corrected chi connectivity index (χ1v) is 7.68. The molecule has 1 fully saturated rings. The minimum absolute atomic E-state index is 0.204. The van der Waals surface area contributed by atoms with Crippen LogP contribution in [0.25, 0.3) is 0 Å². The lowest BCUT2D eigenvalue weighted by Gasteiger charge is -2.35. The minimum atomic E-state index is -0.523. The molecule has 0 radical (unpaired) electrons. The molecule has 0 saturated carbocycles. The van der Waals surface area contributed by atoms with Crippen molar-refractivity contribution in [1.29, 1.82) is 0 Å². The molecular weight excluding hydrogens is 262 g/mol. The van der Waals surface area contributed by atoms with E-state index < -0.39 is 5.41 Å². The maximum Gasteiger partial charge on any atom is 0.232 e. The van der Waals surface area contributed by atoms with Gasteiger partial charge in [0.15, 0.2) is 0 Å². The van der Waals surface area contributed by atoms with Crippen LogP contribution >= 0.6 is 0 Å². The molecule has 21 heavy (non-hydrogen) atoms. The fourth-order valence-corrected chi connectivity index (χ4v) is 3.06. The maximum absolute atomic E-state index is 13.1. The predicted octanol–water partition coefficient (Wildman–Crippen LogP) is 2.10. The van der Waals surface area contributed by atoms with Crippen LogP contribution in [0.4, 0.5) is 5.69 Å². The van der Waals surface area contributed by atoms with Crippen LogP contribution in [0.5, 0.6) is 0 Å². The Labute approximate surface area is 127 Å². The number of hydrogen-bond donors (Lipinski definition) is 1. The van der Waals surface area contributed by atoms with Crippen molar-refractivity contribution in [3.05, 3.63) is 29.8 Å². The zero-order valence-electron chi connectivity index (χ0n) is 13.6. The monoisotopic (exact) mass is 289 g/mol. The third-order valence-electron chi connectivity index (χ3n) is 4.47. The van der Waals surface area contributed by atoms with E-state index in [2.05, 4.69) is 18.9 Å². The van der Waals surface area contributed by atoms with Crippen molar-refractivity contribution < 1.29 is 4.79 Å². The molecule has 116 valence electrons. The van der Waals surface area contributed by atoms with E-state index in [1.807, 2.05) is 43.0 Å². The first-order chi connectivity index (χ1) is 9.82. The largest absolute Gasteiger partial charge is 0.399 e. The molecule has 1 aliphatic rings. The van der Waals surface area contributed by atoms with Crippen LogP contribution in [-0.4, -0.2) is 48.4 Å². The molecular formula is C17H27N3O. The Bertz CT molecular complexity index is 495. The SMILES string of the molecule is CC1CN(C)CCCN1C(=O)C(C)(C)c1ccc(N)cc1. The molecule has 2 N–H and O–H groups in total. The fourth-order valence-electron chi connectivity index (χ4n) is 3.06. The summed E-state index contributed by atoms with van der Waals surface area (Å²) in [5.41, 5.74) is 6.97. The third-order valence-corrected chi connectivity index (χ3v) is 4.47. The second-order valence-electron chi connectivity index (χ2n) is 6.71. The summed E-state index contributed by atoms with van der Waals surface area (Å²) in [4.78, 5) is 17.4. The lowest BCUT2D eigenvalue weighted by atomic mass is 9.82. The molecule has 0 aromatic heterocycles. The molecule has 1 saturated heterocycles. The van der Waals surface area contributed by atoms with Crippen LogP contribution in [0.15, 0.2) is 24.3 Å². The number of nitrogens with two attached hydrogens (primary N) is 1. The summed E-state index contributed by atoms with van der Waals surface area (Å²) in [6.45, 7) is 8.96. The van der Waals surface area contributed by atoms with Gasteiger partial charge in [0.2, 0.25) is 5.91 Å². The number of nitrogens with zero attached hydrogens (tertiary/aromatic N) is 2. The summed E-state index contributed by atoms with van der Waals surface area (Å²) in [5.74, 6) is 0.204. The minimum Gasteiger partial charge on any atom is -0.399 e. The third kappa shape index (κ3) is 3.38. The van der Waals surface area contributed by atoms with Gasteiger partial charge < -0.3 is 15.5 Å². The van der Waals surface area contributed by atoms with Gasteiger partial charge in [-0.3, -0.25) is 4.79 Å². The van der Waals surface area contributed by atoms with E-state index in [1.54, 1.807) is 0 Å². The van der Waals surface area contributed by atoms with Crippen LogP contribution < -0.4 is 5.73 Å². The summed E-state index contributed by atoms with van der Waals surface area (Å²) in [6, 6.07) is 7.90. The van der Waals surface area contributed by atoms with E-state index in [1.165, 1.54) is 0 Å². The van der Waals surface area contributed by atoms with Gasteiger partial charge in [0.05, 0.1) is 5.41 Å². The van der Waals surface area contributed by atoms with Crippen molar-refractivity contribution in [2.45, 2.75) is 38.6 Å². The Morgan fingerprint density at radius 1 is 1.24 bits per heavy atom. The van der Waals surface area contributed by atoms with Crippen molar-refractivity contribution in [2.75, 3.05) is 32.4 Å². The van der Waals surface area contributed by atoms with Crippen LogP contribution in [-0.2, 0) is 10.2 Å². The van der Waals surface area contributed by atoms with Crippen molar-refractivity contribution in [1.82, 2.24) is 9.80 Å². The normalized spacial score (nSPS) is 21.1. The Hall–Kier alpha value is -1.55. The summed E-state index contributed by atoms with van der Waals surface area (Å²) < 4.78 is 0.